The molecule has 14 heteroatoms. The van der Waals surface area contributed by atoms with E-state index in [0.717, 1.165) is 44.3 Å². The lowest BCUT2D eigenvalue weighted by Gasteiger charge is -2.57. The van der Waals surface area contributed by atoms with E-state index < -0.39 is 24.9 Å². The van der Waals surface area contributed by atoms with E-state index >= 15 is 0 Å². The molecule has 0 unspecified atom stereocenters. The van der Waals surface area contributed by atoms with Crippen LogP contribution < -0.4 is 5.32 Å². The van der Waals surface area contributed by atoms with E-state index in [-0.39, 0.29) is 17.4 Å². The monoisotopic (exact) mass is 558 g/mol. The first kappa shape index (κ1) is 31.6. The van der Waals surface area contributed by atoms with Gasteiger partial charge in [0.25, 0.3) is 0 Å². The molecule has 38 heavy (non-hydrogen) atoms. The van der Waals surface area contributed by atoms with Crippen LogP contribution in [-0.4, -0.2) is 86.2 Å². The van der Waals surface area contributed by atoms with Crippen molar-refractivity contribution in [1.82, 2.24) is 10.2 Å². The number of esters is 2. The molecule has 4 aliphatic rings. The Morgan fingerprint density at radius 3 is 1.55 bits per heavy atom. The van der Waals surface area contributed by atoms with Gasteiger partial charge in [0.15, 0.2) is 0 Å². The molecule has 0 atom stereocenters. The number of likely N-dealkylation sites (tertiary alicyclic amines) is 1. The molecule has 2 heterocycles. The van der Waals surface area contributed by atoms with Gasteiger partial charge in [0.05, 0.1) is 19.8 Å². The molecule has 2 spiro atoms. The maximum absolute atomic E-state index is 12.1. The highest BCUT2D eigenvalue weighted by molar-refractivity contribution is 5.83. The Hall–Kier alpha value is -2.61. The number of alkyl halides is 6. The molecule has 216 valence electrons. The van der Waals surface area contributed by atoms with Crippen LogP contribution in [-0.2, 0) is 23.9 Å². The molecule has 0 amide bonds. The van der Waals surface area contributed by atoms with Crippen molar-refractivity contribution in [2.75, 3.05) is 45.9 Å². The zero-order chi connectivity index (χ0) is 28.8. The zero-order valence-corrected chi connectivity index (χ0v) is 21.1. The van der Waals surface area contributed by atoms with Gasteiger partial charge in [0, 0.05) is 49.2 Å². The predicted octanol–water partition coefficient (Wildman–Crippen LogP) is 3.63. The number of aliphatic carboxylic acids is 1. The van der Waals surface area contributed by atoms with E-state index in [0.29, 0.717) is 31.7 Å². The smallest absolute Gasteiger partial charge is 0.475 e. The summed E-state index contributed by atoms with van der Waals surface area (Å²) in [4.78, 5) is 32.5. The zero-order valence-electron chi connectivity index (χ0n) is 21.1. The molecular weight excluding hydrogens is 526 g/mol. The Morgan fingerprint density at radius 1 is 0.868 bits per heavy atom. The van der Waals surface area contributed by atoms with Gasteiger partial charge in [0.2, 0.25) is 0 Å². The maximum atomic E-state index is 12.1. The van der Waals surface area contributed by atoms with Gasteiger partial charge in [-0.15, -0.1) is 0 Å². The molecule has 2 N–H and O–H groups in total. The minimum absolute atomic E-state index is 0.0103. The van der Waals surface area contributed by atoms with Gasteiger partial charge in [-0.25, -0.2) is 14.4 Å². The standard InChI is InChI=1S/C12H16F3NO2.C10H15NO2.C2HF3O2/c1-2-18-10(17)3-9-4-11(5-9)6-16(7-11)8-12(13,14)15;1-2-13-9(12)3-8-4-10(5-8)6-11-7-10;3-2(4,5)1(6)7/h3H,2,4-8H2,1H3;3,11H,2,4-7H2,1H3;(H,6,7). The van der Waals surface area contributed by atoms with Crippen LogP contribution in [0.1, 0.15) is 39.5 Å². The first-order valence-electron chi connectivity index (χ1n) is 12.0. The Labute approximate surface area is 216 Å². The van der Waals surface area contributed by atoms with E-state index in [1.165, 1.54) is 16.5 Å². The van der Waals surface area contributed by atoms with Crippen LogP contribution >= 0.6 is 0 Å². The number of nitrogens with one attached hydrogen (secondary N) is 1. The Kier molecular flexibility index (Phi) is 10.4. The van der Waals surface area contributed by atoms with Crippen molar-refractivity contribution in [3.63, 3.8) is 0 Å². The second-order valence-corrected chi connectivity index (χ2v) is 9.98. The number of nitrogens with zero attached hydrogens (tertiary/aromatic N) is 1. The number of carboxylic acids is 1. The molecule has 8 nitrogen and oxygen atoms in total. The number of hydrogen-bond donors (Lipinski definition) is 2. The van der Waals surface area contributed by atoms with Crippen molar-refractivity contribution in [3.8, 4) is 0 Å². The normalized spacial score (nSPS) is 20.6. The fraction of sp³-hybridized carbons (Fsp3) is 0.708. The summed E-state index contributed by atoms with van der Waals surface area (Å²) in [6.45, 7) is 6.74. The molecule has 0 radical (unpaired) electrons. The number of carbonyl (C=O) groups is 3. The van der Waals surface area contributed by atoms with Crippen LogP contribution in [0.15, 0.2) is 23.3 Å². The van der Waals surface area contributed by atoms with Crippen LogP contribution in [0.5, 0.6) is 0 Å². The molecule has 2 aliphatic heterocycles. The fourth-order valence-corrected chi connectivity index (χ4v) is 4.95. The van der Waals surface area contributed by atoms with Crippen LogP contribution in [0, 0.1) is 10.8 Å². The van der Waals surface area contributed by atoms with Crippen molar-refractivity contribution >= 4 is 17.9 Å². The third-order valence-corrected chi connectivity index (χ3v) is 6.39. The van der Waals surface area contributed by atoms with Gasteiger partial charge in [-0.2, -0.15) is 26.3 Å². The summed E-state index contributed by atoms with van der Waals surface area (Å²) in [6.07, 6.45) is -2.46. The number of carbonyl (C=O) groups excluding carboxylic acids is 2. The number of hydrogen-bond acceptors (Lipinski definition) is 7. The third-order valence-electron chi connectivity index (χ3n) is 6.39. The first-order chi connectivity index (χ1) is 17.5. The van der Waals surface area contributed by atoms with Crippen molar-refractivity contribution in [2.24, 2.45) is 10.8 Å². The van der Waals surface area contributed by atoms with Gasteiger partial charge in [0.1, 0.15) is 0 Å². The summed E-state index contributed by atoms with van der Waals surface area (Å²) in [5.41, 5.74) is 2.74. The van der Waals surface area contributed by atoms with Crippen LogP contribution in [0.4, 0.5) is 26.3 Å². The molecule has 0 aromatic rings. The molecule has 4 fully saturated rings. The second-order valence-electron chi connectivity index (χ2n) is 9.98. The summed E-state index contributed by atoms with van der Waals surface area (Å²) < 4.78 is 77.7. The van der Waals surface area contributed by atoms with Gasteiger partial charge in [-0.05, 0) is 39.5 Å². The van der Waals surface area contributed by atoms with Crippen molar-refractivity contribution in [2.45, 2.75) is 51.9 Å². The Bertz CT molecular complexity index is 914. The minimum Gasteiger partial charge on any atom is -0.475 e. The highest BCUT2D eigenvalue weighted by Crippen LogP contribution is 2.52. The number of rotatable bonds is 5. The van der Waals surface area contributed by atoms with Gasteiger partial charge >= 0.3 is 30.3 Å². The lowest BCUT2D eigenvalue weighted by Crippen LogP contribution is -2.62. The molecule has 0 aromatic carbocycles. The molecule has 2 saturated carbocycles. The highest BCUT2D eigenvalue weighted by atomic mass is 19.4. The quantitative estimate of drug-likeness (QED) is 0.300. The first-order valence-corrected chi connectivity index (χ1v) is 12.0. The largest absolute Gasteiger partial charge is 0.490 e. The van der Waals surface area contributed by atoms with E-state index in [4.69, 9.17) is 19.4 Å². The number of carboxylic acid groups (broad SMARTS) is 1. The van der Waals surface area contributed by atoms with Gasteiger partial charge < -0.3 is 19.9 Å². The topological polar surface area (TPSA) is 105 Å². The summed E-state index contributed by atoms with van der Waals surface area (Å²) in [5.74, 6) is -3.29. The van der Waals surface area contributed by atoms with Crippen LogP contribution in [0.3, 0.4) is 0 Å². The molecular formula is C24H32F6N2O6. The maximum Gasteiger partial charge on any atom is 0.490 e. The molecule has 0 aromatic heterocycles. The lowest BCUT2D eigenvalue weighted by molar-refractivity contribution is -0.192. The molecule has 4 rings (SSSR count). The Balaban J connectivity index is 0.000000221. The van der Waals surface area contributed by atoms with E-state index in [9.17, 15) is 35.9 Å². The lowest BCUT2D eigenvalue weighted by atomic mass is 9.60. The van der Waals surface area contributed by atoms with Crippen LogP contribution in [0.25, 0.3) is 0 Å². The average molecular weight is 559 g/mol. The minimum atomic E-state index is -5.08. The number of halogens is 6. The van der Waals surface area contributed by atoms with E-state index in [2.05, 4.69) is 5.32 Å². The Morgan fingerprint density at radius 2 is 1.26 bits per heavy atom. The van der Waals surface area contributed by atoms with Crippen LogP contribution in [0.2, 0.25) is 0 Å². The summed E-state index contributed by atoms with van der Waals surface area (Å²) >= 11 is 0. The van der Waals surface area contributed by atoms with Crippen molar-refractivity contribution in [1.29, 1.82) is 0 Å². The number of allylic oxidation sites excluding steroid dienone is 2. The second kappa shape index (κ2) is 12.5. The molecule has 2 aliphatic carbocycles. The molecule has 2 saturated heterocycles. The highest BCUT2D eigenvalue weighted by Gasteiger charge is 2.52. The predicted molar refractivity (Wildman–Crippen MR) is 122 cm³/mol. The van der Waals surface area contributed by atoms with E-state index in [1.54, 1.807) is 13.0 Å². The van der Waals surface area contributed by atoms with E-state index in [1.807, 2.05) is 6.92 Å². The van der Waals surface area contributed by atoms with Crippen molar-refractivity contribution in [3.05, 3.63) is 23.3 Å². The van der Waals surface area contributed by atoms with Gasteiger partial charge in [-0.3, -0.25) is 4.90 Å². The summed E-state index contributed by atoms with van der Waals surface area (Å²) in [5, 5.41) is 10.4. The summed E-state index contributed by atoms with van der Waals surface area (Å²) in [6, 6.07) is 0. The fourth-order valence-electron chi connectivity index (χ4n) is 4.95. The van der Waals surface area contributed by atoms with Crippen molar-refractivity contribution < 1.29 is 55.3 Å². The number of ether oxygens (including phenoxy) is 2. The van der Waals surface area contributed by atoms with Gasteiger partial charge in [-0.1, -0.05) is 11.1 Å². The third kappa shape index (κ3) is 9.61. The molecule has 0 bridgehead atoms. The summed E-state index contributed by atoms with van der Waals surface area (Å²) in [7, 11) is 0. The SMILES string of the molecule is CCOC(=O)C=C1CC2(C1)CN(CC(F)(F)F)C2.CCOC(=O)C=C1CC2(CNC2)C1.O=C(O)C(F)(F)F. The average Bonchev–Trinajstić information content (AvgIpc) is 2.65.